The molecule has 1 aromatic heterocycles. The highest BCUT2D eigenvalue weighted by Gasteiger charge is 2.12. The van der Waals surface area contributed by atoms with Crippen LogP contribution in [0.3, 0.4) is 0 Å². The van der Waals surface area contributed by atoms with E-state index in [0.29, 0.717) is 16.8 Å². The van der Waals surface area contributed by atoms with Crippen molar-refractivity contribution < 1.29 is 9.18 Å². The number of rotatable bonds is 2. The van der Waals surface area contributed by atoms with Crippen LogP contribution in [0.15, 0.2) is 36.5 Å². The van der Waals surface area contributed by atoms with Gasteiger partial charge in [0.25, 0.3) is 5.91 Å². The van der Waals surface area contributed by atoms with Crippen molar-refractivity contribution in [1.82, 2.24) is 4.98 Å². The topological polar surface area (TPSA) is 68.0 Å². The summed E-state index contributed by atoms with van der Waals surface area (Å²) >= 11 is 0. The van der Waals surface area contributed by atoms with E-state index in [1.807, 2.05) is 0 Å². The lowest BCUT2D eigenvalue weighted by molar-refractivity contribution is 0.102. The molecule has 0 aliphatic carbocycles. The summed E-state index contributed by atoms with van der Waals surface area (Å²) in [5.41, 5.74) is 6.86. The molecule has 3 N–H and O–H groups in total. The second kappa shape index (κ2) is 6.64. The van der Waals surface area contributed by atoms with E-state index in [1.165, 1.54) is 12.3 Å². The molecule has 0 unspecified atom stereocenters. The molecule has 4 nitrogen and oxygen atoms in total. The maximum absolute atomic E-state index is 13.5. The van der Waals surface area contributed by atoms with E-state index in [2.05, 4.69) is 22.1 Å². The van der Waals surface area contributed by atoms with Crippen molar-refractivity contribution in [3.63, 3.8) is 0 Å². The van der Waals surface area contributed by atoms with E-state index in [0.717, 1.165) is 0 Å². The van der Waals surface area contributed by atoms with Crippen LogP contribution in [0.5, 0.6) is 0 Å². The van der Waals surface area contributed by atoms with Gasteiger partial charge in [-0.05, 0) is 36.8 Å². The molecular formula is C16H14FN3O. The van der Waals surface area contributed by atoms with Gasteiger partial charge in [-0.3, -0.25) is 4.79 Å². The minimum Gasteiger partial charge on any atom is -0.321 e. The fraction of sp³-hybridized carbons (Fsp3) is 0.125. The van der Waals surface area contributed by atoms with E-state index in [-0.39, 0.29) is 18.1 Å². The Morgan fingerprint density at radius 2 is 2.24 bits per heavy atom. The molecule has 1 aromatic carbocycles. The monoisotopic (exact) mass is 283 g/mol. The van der Waals surface area contributed by atoms with Crippen molar-refractivity contribution in [3.05, 3.63) is 59.2 Å². The van der Waals surface area contributed by atoms with E-state index in [1.54, 1.807) is 31.2 Å². The number of carbonyl (C=O) groups excluding carboxylic acids is 1. The van der Waals surface area contributed by atoms with Gasteiger partial charge in [0, 0.05) is 11.9 Å². The van der Waals surface area contributed by atoms with Crippen molar-refractivity contribution in [2.75, 3.05) is 11.9 Å². The molecule has 2 aromatic rings. The van der Waals surface area contributed by atoms with Crippen LogP contribution in [0.1, 0.15) is 21.6 Å². The predicted octanol–water partition coefficient (Wildman–Crippen LogP) is 2.09. The number of halogens is 1. The normalized spacial score (nSPS) is 9.67. The molecule has 1 amide bonds. The Kier molecular flexibility index (Phi) is 4.64. The number of anilines is 1. The average Bonchev–Trinajstić information content (AvgIpc) is 2.49. The number of amides is 1. The molecule has 0 aliphatic rings. The van der Waals surface area contributed by atoms with Crippen LogP contribution < -0.4 is 11.1 Å². The third-order valence-electron chi connectivity index (χ3n) is 2.78. The SMILES string of the molecule is Cc1ccc(NC(=O)c2ncccc2C#CCN)cc1F. The molecule has 0 saturated carbocycles. The number of hydrogen-bond donors (Lipinski definition) is 2. The van der Waals surface area contributed by atoms with E-state index < -0.39 is 5.91 Å². The standard InChI is InChI=1S/C16H14FN3O/c1-11-6-7-13(10-14(11)17)20-16(21)15-12(4-2-8-18)5-3-9-19-15/h3,5-7,9-10H,8,18H2,1H3,(H,20,21). The zero-order valence-corrected chi connectivity index (χ0v) is 11.5. The van der Waals surface area contributed by atoms with Gasteiger partial charge >= 0.3 is 0 Å². The molecule has 21 heavy (non-hydrogen) atoms. The largest absolute Gasteiger partial charge is 0.321 e. The molecule has 0 atom stereocenters. The van der Waals surface area contributed by atoms with Gasteiger partial charge in [0.2, 0.25) is 0 Å². The number of benzene rings is 1. The lowest BCUT2D eigenvalue weighted by Crippen LogP contribution is -2.15. The van der Waals surface area contributed by atoms with Crippen LogP contribution >= 0.6 is 0 Å². The number of nitrogens with zero attached hydrogens (tertiary/aromatic N) is 1. The van der Waals surface area contributed by atoms with Gasteiger partial charge in [-0.1, -0.05) is 17.9 Å². The van der Waals surface area contributed by atoms with Gasteiger partial charge < -0.3 is 11.1 Å². The van der Waals surface area contributed by atoms with Gasteiger partial charge in [0.05, 0.1) is 12.1 Å². The van der Waals surface area contributed by atoms with Gasteiger partial charge in [-0.15, -0.1) is 0 Å². The highest BCUT2D eigenvalue weighted by atomic mass is 19.1. The quantitative estimate of drug-likeness (QED) is 0.829. The second-order valence-electron chi connectivity index (χ2n) is 4.32. The third-order valence-corrected chi connectivity index (χ3v) is 2.78. The van der Waals surface area contributed by atoms with Crippen LogP contribution in [0.25, 0.3) is 0 Å². The summed E-state index contributed by atoms with van der Waals surface area (Å²) < 4.78 is 13.5. The number of nitrogens with one attached hydrogen (secondary N) is 1. The van der Waals surface area contributed by atoms with E-state index in [9.17, 15) is 9.18 Å². The Labute approximate surface area is 122 Å². The van der Waals surface area contributed by atoms with Crippen LogP contribution in [-0.2, 0) is 0 Å². The summed E-state index contributed by atoms with van der Waals surface area (Å²) in [5.74, 6) is 4.64. The fourth-order valence-corrected chi connectivity index (χ4v) is 1.69. The Morgan fingerprint density at radius 3 is 2.95 bits per heavy atom. The number of pyridine rings is 1. The highest BCUT2D eigenvalue weighted by Crippen LogP contribution is 2.15. The first-order valence-electron chi connectivity index (χ1n) is 6.33. The Bertz CT molecular complexity index is 732. The summed E-state index contributed by atoms with van der Waals surface area (Å²) in [6.45, 7) is 1.85. The fourth-order valence-electron chi connectivity index (χ4n) is 1.69. The number of hydrogen-bond acceptors (Lipinski definition) is 3. The molecule has 0 radical (unpaired) electrons. The average molecular weight is 283 g/mol. The minimum atomic E-state index is -0.444. The maximum Gasteiger partial charge on any atom is 0.275 e. The maximum atomic E-state index is 13.5. The first-order chi connectivity index (χ1) is 10.1. The van der Waals surface area contributed by atoms with Crippen LogP contribution in [0.2, 0.25) is 0 Å². The first-order valence-corrected chi connectivity index (χ1v) is 6.33. The highest BCUT2D eigenvalue weighted by molar-refractivity contribution is 6.04. The smallest absolute Gasteiger partial charge is 0.275 e. The van der Waals surface area contributed by atoms with Crippen molar-refractivity contribution in [3.8, 4) is 11.8 Å². The molecule has 2 rings (SSSR count). The predicted molar refractivity (Wildman–Crippen MR) is 79.3 cm³/mol. The number of carbonyl (C=O) groups is 1. The molecule has 0 fully saturated rings. The van der Waals surface area contributed by atoms with E-state index >= 15 is 0 Å². The number of nitrogens with two attached hydrogens (primary N) is 1. The molecule has 5 heteroatoms. The second-order valence-corrected chi connectivity index (χ2v) is 4.32. The molecule has 0 aliphatic heterocycles. The molecule has 0 bridgehead atoms. The number of aromatic nitrogens is 1. The van der Waals surface area contributed by atoms with Gasteiger partial charge in [-0.25, -0.2) is 9.37 Å². The summed E-state index contributed by atoms with van der Waals surface area (Å²) in [5, 5.41) is 2.60. The molecular weight excluding hydrogens is 269 g/mol. The van der Waals surface area contributed by atoms with Crippen molar-refractivity contribution >= 4 is 11.6 Å². The van der Waals surface area contributed by atoms with Crippen LogP contribution in [-0.4, -0.2) is 17.4 Å². The van der Waals surface area contributed by atoms with Crippen LogP contribution in [0, 0.1) is 24.6 Å². The molecule has 0 saturated heterocycles. The lowest BCUT2D eigenvalue weighted by atomic mass is 10.1. The summed E-state index contributed by atoms with van der Waals surface area (Å²) in [6.07, 6.45) is 1.50. The molecule has 1 heterocycles. The van der Waals surface area contributed by atoms with Crippen molar-refractivity contribution in [1.29, 1.82) is 0 Å². The summed E-state index contributed by atoms with van der Waals surface area (Å²) in [7, 11) is 0. The first kappa shape index (κ1) is 14.7. The van der Waals surface area contributed by atoms with Crippen molar-refractivity contribution in [2.24, 2.45) is 5.73 Å². The zero-order chi connectivity index (χ0) is 15.2. The number of aryl methyl sites for hydroxylation is 1. The third kappa shape index (κ3) is 3.65. The Balaban J connectivity index is 2.26. The van der Waals surface area contributed by atoms with Gasteiger partial charge in [0.15, 0.2) is 0 Å². The lowest BCUT2D eigenvalue weighted by Gasteiger charge is -2.07. The summed E-state index contributed by atoms with van der Waals surface area (Å²) in [4.78, 5) is 16.2. The molecule has 106 valence electrons. The minimum absolute atomic E-state index is 0.180. The van der Waals surface area contributed by atoms with E-state index in [4.69, 9.17) is 5.73 Å². The summed E-state index contributed by atoms with van der Waals surface area (Å²) in [6, 6.07) is 7.85. The Hall–Kier alpha value is -2.71. The van der Waals surface area contributed by atoms with Gasteiger partial charge in [-0.2, -0.15) is 0 Å². The van der Waals surface area contributed by atoms with Crippen molar-refractivity contribution in [2.45, 2.75) is 6.92 Å². The Morgan fingerprint density at radius 1 is 1.43 bits per heavy atom. The van der Waals surface area contributed by atoms with Crippen LogP contribution in [0.4, 0.5) is 10.1 Å². The zero-order valence-electron chi connectivity index (χ0n) is 11.5. The molecule has 0 spiro atoms. The van der Waals surface area contributed by atoms with Gasteiger partial charge in [0.1, 0.15) is 11.5 Å².